The Morgan fingerprint density at radius 2 is 1.77 bits per heavy atom. The van der Waals surface area contributed by atoms with E-state index in [0.29, 0.717) is 33.7 Å². The van der Waals surface area contributed by atoms with E-state index in [-0.39, 0.29) is 17.9 Å². The lowest BCUT2D eigenvalue weighted by Gasteiger charge is -2.33. The van der Waals surface area contributed by atoms with Crippen LogP contribution in [0.15, 0.2) is 67.1 Å². The summed E-state index contributed by atoms with van der Waals surface area (Å²) in [5.41, 5.74) is 7.62. The van der Waals surface area contributed by atoms with Crippen LogP contribution in [0, 0.1) is 0 Å². The molecule has 0 atom stereocenters. The van der Waals surface area contributed by atoms with Crippen LogP contribution in [0.4, 0.5) is 5.82 Å². The van der Waals surface area contributed by atoms with Crippen molar-refractivity contribution in [3.05, 3.63) is 78.2 Å². The van der Waals surface area contributed by atoms with Crippen molar-refractivity contribution in [2.45, 2.75) is 24.9 Å². The predicted molar refractivity (Wildman–Crippen MR) is 115 cm³/mol. The topological polar surface area (TPSA) is 106 Å². The van der Waals surface area contributed by atoms with E-state index >= 15 is 0 Å². The van der Waals surface area contributed by atoms with E-state index in [1.54, 1.807) is 30.5 Å². The second-order valence-corrected chi connectivity index (χ2v) is 7.49. The van der Waals surface area contributed by atoms with Gasteiger partial charge < -0.3 is 20.8 Å². The van der Waals surface area contributed by atoms with Gasteiger partial charge in [0.05, 0.1) is 10.9 Å². The van der Waals surface area contributed by atoms with Gasteiger partial charge in [-0.2, -0.15) is 0 Å². The number of rotatable bonds is 6. The second-order valence-electron chi connectivity index (χ2n) is 7.49. The first-order valence-electron chi connectivity index (χ1n) is 9.89. The molecule has 0 bridgehead atoms. The summed E-state index contributed by atoms with van der Waals surface area (Å²) in [5, 5.41) is 4.10. The van der Waals surface area contributed by atoms with Gasteiger partial charge in [-0.05, 0) is 49.2 Å². The van der Waals surface area contributed by atoms with Gasteiger partial charge in [-0.1, -0.05) is 18.2 Å². The summed E-state index contributed by atoms with van der Waals surface area (Å²) in [4.78, 5) is 24.9. The third-order valence-corrected chi connectivity index (χ3v) is 5.33. The average Bonchev–Trinajstić information content (AvgIpc) is 3.19. The predicted octanol–water partition coefficient (Wildman–Crippen LogP) is 3.88. The Morgan fingerprint density at radius 1 is 1.03 bits per heavy atom. The van der Waals surface area contributed by atoms with Crippen LogP contribution in [0.5, 0.6) is 11.5 Å². The third-order valence-electron chi connectivity index (χ3n) is 5.33. The number of fused-ring (bicyclic) bond motifs is 1. The highest BCUT2D eigenvalue weighted by atomic mass is 16.5. The highest BCUT2D eigenvalue weighted by Gasteiger charge is 2.27. The van der Waals surface area contributed by atoms with E-state index in [2.05, 4.69) is 20.3 Å². The van der Waals surface area contributed by atoms with Gasteiger partial charge in [0.25, 0.3) is 0 Å². The Balaban J connectivity index is 1.40. The van der Waals surface area contributed by atoms with E-state index in [4.69, 9.17) is 10.5 Å². The van der Waals surface area contributed by atoms with Crippen LogP contribution in [0.2, 0.25) is 0 Å². The number of hydrogen-bond donors (Lipinski definition) is 3. The number of para-hydroxylation sites is 1. The number of nitrogens with two attached hydrogens (primary N) is 1. The van der Waals surface area contributed by atoms with Crippen LogP contribution in [-0.4, -0.2) is 32.8 Å². The quantitative estimate of drug-likeness (QED) is 0.425. The molecule has 1 aliphatic carbocycles. The number of benzene rings is 2. The first-order valence-corrected chi connectivity index (χ1v) is 9.89. The zero-order valence-electron chi connectivity index (χ0n) is 16.2. The lowest BCUT2D eigenvalue weighted by Crippen LogP contribution is -2.44. The molecule has 0 radical (unpaired) electrons. The van der Waals surface area contributed by atoms with Crippen LogP contribution in [0.25, 0.3) is 11.0 Å². The molecular weight excluding hydrogens is 378 g/mol. The van der Waals surface area contributed by atoms with E-state index in [1.807, 2.05) is 30.3 Å². The molecular formula is C23H21N5O2. The SMILES string of the molecule is N[C@H]1C[C@@H](Nc2ncnc3[nH]cc(C(=O)c4ccc(Oc5ccccc5)cc4)c23)C1. The van der Waals surface area contributed by atoms with Gasteiger partial charge >= 0.3 is 0 Å². The van der Waals surface area contributed by atoms with Crippen LogP contribution in [0.3, 0.4) is 0 Å². The number of carbonyl (C=O) groups excluding carboxylic acids is 1. The largest absolute Gasteiger partial charge is 0.457 e. The van der Waals surface area contributed by atoms with Crippen molar-refractivity contribution in [3.63, 3.8) is 0 Å². The Kier molecular flexibility index (Phi) is 4.65. The first-order chi connectivity index (χ1) is 14.7. The van der Waals surface area contributed by atoms with Crippen LogP contribution < -0.4 is 15.8 Å². The third kappa shape index (κ3) is 3.51. The fraction of sp³-hybridized carbons (Fsp3) is 0.174. The van der Waals surface area contributed by atoms with Crippen molar-refractivity contribution in [2.75, 3.05) is 5.32 Å². The van der Waals surface area contributed by atoms with Gasteiger partial charge in [0, 0.05) is 23.8 Å². The molecule has 2 aromatic carbocycles. The van der Waals surface area contributed by atoms with Crippen molar-refractivity contribution in [3.8, 4) is 11.5 Å². The van der Waals surface area contributed by atoms with Crippen molar-refractivity contribution in [1.82, 2.24) is 15.0 Å². The maximum Gasteiger partial charge on any atom is 0.195 e. The summed E-state index contributed by atoms with van der Waals surface area (Å²) < 4.78 is 5.81. The number of nitrogens with one attached hydrogen (secondary N) is 2. The molecule has 150 valence electrons. The minimum absolute atomic E-state index is 0.101. The molecule has 0 saturated heterocycles. The molecule has 0 spiro atoms. The van der Waals surface area contributed by atoms with Gasteiger partial charge in [0.1, 0.15) is 29.3 Å². The molecule has 0 amide bonds. The molecule has 4 aromatic rings. The Morgan fingerprint density at radius 3 is 2.50 bits per heavy atom. The molecule has 1 fully saturated rings. The molecule has 30 heavy (non-hydrogen) atoms. The Labute approximate surface area is 173 Å². The maximum atomic E-state index is 13.2. The van der Waals surface area contributed by atoms with Crippen molar-refractivity contribution in [1.29, 1.82) is 0 Å². The summed E-state index contributed by atoms with van der Waals surface area (Å²) in [5.74, 6) is 1.97. The highest BCUT2D eigenvalue weighted by Crippen LogP contribution is 2.30. The fourth-order valence-corrected chi connectivity index (χ4v) is 3.68. The number of ether oxygens (including phenoxy) is 1. The fourth-order valence-electron chi connectivity index (χ4n) is 3.68. The lowest BCUT2D eigenvalue weighted by atomic mass is 9.87. The second kappa shape index (κ2) is 7.61. The normalized spacial score (nSPS) is 18.0. The summed E-state index contributed by atoms with van der Waals surface area (Å²) >= 11 is 0. The van der Waals surface area contributed by atoms with Crippen molar-refractivity contribution in [2.24, 2.45) is 5.73 Å². The summed E-state index contributed by atoms with van der Waals surface area (Å²) in [6.07, 6.45) is 4.96. The van der Waals surface area contributed by atoms with Gasteiger partial charge in [-0.25, -0.2) is 9.97 Å². The number of H-pyrrole nitrogens is 1. The molecule has 2 aromatic heterocycles. The van der Waals surface area contributed by atoms with Gasteiger partial charge in [-0.3, -0.25) is 4.79 Å². The molecule has 0 aliphatic heterocycles. The number of ketones is 1. The molecule has 7 nitrogen and oxygen atoms in total. The maximum absolute atomic E-state index is 13.2. The number of carbonyl (C=O) groups is 1. The number of anilines is 1. The zero-order valence-corrected chi connectivity index (χ0v) is 16.2. The molecule has 1 saturated carbocycles. The van der Waals surface area contributed by atoms with E-state index in [1.165, 1.54) is 6.33 Å². The average molecular weight is 399 g/mol. The Bertz CT molecular complexity index is 1180. The summed E-state index contributed by atoms with van der Waals surface area (Å²) in [6, 6.07) is 17.1. The van der Waals surface area contributed by atoms with Gasteiger partial charge in [0.2, 0.25) is 0 Å². The molecule has 4 N–H and O–H groups in total. The number of nitrogens with zero attached hydrogens (tertiary/aromatic N) is 2. The van der Waals surface area contributed by atoms with E-state index in [0.717, 1.165) is 18.6 Å². The van der Waals surface area contributed by atoms with Crippen LogP contribution in [0.1, 0.15) is 28.8 Å². The van der Waals surface area contributed by atoms with Crippen LogP contribution >= 0.6 is 0 Å². The lowest BCUT2D eigenvalue weighted by molar-refractivity contribution is 0.104. The number of aromatic nitrogens is 3. The van der Waals surface area contributed by atoms with Crippen molar-refractivity contribution >= 4 is 22.6 Å². The summed E-state index contributed by atoms with van der Waals surface area (Å²) in [6.45, 7) is 0. The molecule has 2 heterocycles. The van der Waals surface area contributed by atoms with Crippen LogP contribution in [-0.2, 0) is 0 Å². The van der Waals surface area contributed by atoms with Gasteiger partial charge in [-0.15, -0.1) is 0 Å². The van der Waals surface area contributed by atoms with E-state index < -0.39 is 0 Å². The molecule has 1 aliphatic rings. The monoisotopic (exact) mass is 399 g/mol. The summed E-state index contributed by atoms with van der Waals surface area (Å²) in [7, 11) is 0. The smallest absolute Gasteiger partial charge is 0.195 e. The molecule has 7 heteroatoms. The minimum atomic E-state index is -0.101. The number of aromatic amines is 1. The van der Waals surface area contributed by atoms with E-state index in [9.17, 15) is 4.79 Å². The number of hydrogen-bond acceptors (Lipinski definition) is 6. The van der Waals surface area contributed by atoms with Crippen molar-refractivity contribution < 1.29 is 9.53 Å². The zero-order chi connectivity index (χ0) is 20.5. The molecule has 5 rings (SSSR count). The standard InChI is InChI=1S/C23H21N5O2/c24-15-10-16(11-15)28-23-20-19(12-25-22(20)26-13-27-23)21(29)14-6-8-18(9-7-14)30-17-4-2-1-3-5-17/h1-9,12-13,15-16H,10-11,24H2,(H2,25,26,27,28)/t15-,16+. The first kappa shape index (κ1) is 18.3. The Hall–Kier alpha value is -3.71. The minimum Gasteiger partial charge on any atom is -0.457 e. The van der Waals surface area contributed by atoms with Gasteiger partial charge in [0.15, 0.2) is 5.78 Å². The highest BCUT2D eigenvalue weighted by molar-refractivity contribution is 6.18. The molecule has 0 unspecified atom stereocenters.